The highest BCUT2D eigenvalue weighted by Crippen LogP contribution is 2.27. The van der Waals surface area contributed by atoms with Crippen LogP contribution in [0.1, 0.15) is 22.3 Å². The molecule has 0 fully saturated rings. The van der Waals surface area contributed by atoms with Crippen LogP contribution >= 0.6 is 11.3 Å². The Morgan fingerprint density at radius 3 is 2.72 bits per heavy atom. The fraction of sp³-hybridized carbons (Fsp3) is 0.176. The molecule has 25 heavy (non-hydrogen) atoms. The Morgan fingerprint density at radius 2 is 2.08 bits per heavy atom. The fourth-order valence-corrected chi connectivity index (χ4v) is 2.85. The fourth-order valence-electron chi connectivity index (χ4n) is 1.89. The van der Waals surface area contributed by atoms with Gasteiger partial charge in [-0.05, 0) is 13.8 Å². The number of nitrogens with one attached hydrogen (secondary N) is 2. The summed E-state index contributed by atoms with van der Waals surface area (Å²) in [6, 6.07) is 11.2. The molecule has 0 aliphatic carbocycles. The number of nitrogens with zero attached hydrogens (tertiary/aromatic N) is 2. The molecule has 128 valence electrons. The summed E-state index contributed by atoms with van der Waals surface area (Å²) in [5.41, 5.74) is 6.14. The zero-order chi connectivity index (χ0) is 18.2. The predicted octanol–water partition coefficient (Wildman–Crippen LogP) is 2.32. The lowest BCUT2D eigenvalue weighted by molar-refractivity contribution is -0.138. The number of hydrogen-bond acceptors (Lipinski definition) is 7. The third kappa shape index (κ3) is 4.65. The summed E-state index contributed by atoms with van der Waals surface area (Å²) in [5, 5.41) is 9.64. The molecule has 7 nitrogen and oxygen atoms in total. The number of carbonyl (C=O) groups is 2. The number of amides is 1. The standard InChI is InChI=1S/C17H16N4O3S/c1-3-24-17(23)13(9-18)10-19-21-15(22)14-11(2)20-16(25-14)12-7-5-4-6-8-12/h4-8,10,19H,3H2,1-2H3,(H,21,22)/b13-10+. The van der Waals surface area contributed by atoms with Crippen molar-refractivity contribution in [3.8, 4) is 16.6 Å². The lowest BCUT2D eigenvalue weighted by atomic mass is 10.2. The molecule has 8 heteroatoms. The van der Waals surface area contributed by atoms with Gasteiger partial charge >= 0.3 is 5.97 Å². The summed E-state index contributed by atoms with van der Waals surface area (Å²) < 4.78 is 4.72. The molecule has 0 aliphatic rings. The number of hydrogen-bond donors (Lipinski definition) is 2. The van der Waals surface area contributed by atoms with Gasteiger partial charge in [0.15, 0.2) is 5.57 Å². The van der Waals surface area contributed by atoms with Crippen molar-refractivity contribution in [2.45, 2.75) is 13.8 Å². The van der Waals surface area contributed by atoms with Crippen LogP contribution in [0.4, 0.5) is 0 Å². The summed E-state index contributed by atoms with van der Waals surface area (Å²) in [6.45, 7) is 3.54. The van der Waals surface area contributed by atoms with E-state index in [2.05, 4.69) is 15.8 Å². The second-order valence-electron chi connectivity index (χ2n) is 4.79. The number of nitriles is 1. The number of thiazole rings is 1. The quantitative estimate of drug-likeness (QED) is 0.356. The molecule has 2 aromatic rings. The number of ether oxygens (including phenoxy) is 1. The Kier molecular flexibility index (Phi) is 6.26. The topological polar surface area (TPSA) is 104 Å². The summed E-state index contributed by atoms with van der Waals surface area (Å²) in [6.07, 6.45) is 1.09. The van der Waals surface area contributed by atoms with Gasteiger partial charge in [0, 0.05) is 11.8 Å². The van der Waals surface area contributed by atoms with Crippen LogP contribution < -0.4 is 10.9 Å². The van der Waals surface area contributed by atoms with Crippen LogP contribution in [0.3, 0.4) is 0 Å². The van der Waals surface area contributed by atoms with E-state index in [0.29, 0.717) is 10.6 Å². The second-order valence-corrected chi connectivity index (χ2v) is 5.79. The molecule has 1 aromatic heterocycles. The monoisotopic (exact) mass is 356 g/mol. The Hall–Kier alpha value is -3.18. The molecule has 1 amide bonds. The molecule has 2 N–H and O–H groups in total. The highest BCUT2D eigenvalue weighted by Gasteiger charge is 2.16. The Morgan fingerprint density at radius 1 is 1.36 bits per heavy atom. The van der Waals surface area contributed by atoms with Crippen LogP contribution in [0.25, 0.3) is 10.6 Å². The van der Waals surface area contributed by atoms with Crippen molar-refractivity contribution in [3.63, 3.8) is 0 Å². The number of hydrazine groups is 1. The minimum absolute atomic E-state index is 0.159. The average Bonchev–Trinajstić information content (AvgIpc) is 3.01. The molecule has 1 aromatic carbocycles. The highest BCUT2D eigenvalue weighted by molar-refractivity contribution is 7.17. The third-order valence-electron chi connectivity index (χ3n) is 3.04. The SMILES string of the molecule is CCOC(=O)/C(C#N)=C/NNC(=O)c1sc(-c2ccccc2)nc1C. The highest BCUT2D eigenvalue weighted by atomic mass is 32.1. The first kappa shape index (κ1) is 18.2. The van der Waals surface area contributed by atoms with Gasteiger partial charge in [0.25, 0.3) is 5.91 Å². The van der Waals surface area contributed by atoms with E-state index in [1.165, 1.54) is 11.3 Å². The van der Waals surface area contributed by atoms with Crippen LogP contribution in [0.15, 0.2) is 42.1 Å². The molecule has 0 atom stereocenters. The molecule has 2 rings (SSSR count). The third-order valence-corrected chi connectivity index (χ3v) is 4.25. The van der Waals surface area contributed by atoms with E-state index in [9.17, 15) is 9.59 Å². The van der Waals surface area contributed by atoms with Crippen LogP contribution in [-0.4, -0.2) is 23.5 Å². The molecule has 0 bridgehead atoms. The Balaban J connectivity index is 2.06. The predicted molar refractivity (Wildman–Crippen MR) is 93.2 cm³/mol. The largest absolute Gasteiger partial charge is 0.462 e. The summed E-state index contributed by atoms with van der Waals surface area (Å²) in [7, 11) is 0. The van der Waals surface area contributed by atoms with Crippen LogP contribution in [-0.2, 0) is 9.53 Å². The second kappa shape index (κ2) is 8.61. The lowest BCUT2D eigenvalue weighted by Crippen LogP contribution is -2.34. The molecule has 0 radical (unpaired) electrons. The first-order valence-corrected chi connectivity index (χ1v) is 8.24. The van der Waals surface area contributed by atoms with E-state index in [0.717, 1.165) is 16.8 Å². The zero-order valence-electron chi connectivity index (χ0n) is 13.7. The van der Waals surface area contributed by atoms with Crippen molar-refractivity contribution in [1.29, 1.82) is 5.26 Å². The minimum atomic E-state index is -0.757. The molecular formula is C17H16N4O3S. The first-order valence-electron chi connectivity index (χ1n) is 7.43. The van der Waals surface area contributed by atoms with E-state index in [4.69, 9.17) is 10.00 Å². The van der Waals surface area contributed by atoms with Crippen molar-refractivity contribution in [2.24, 2.45) is 0 Å². The van der Waals surface area contributed by atoms with Crippen molar-refractivity contribution in [2.75, 3.05) is 6.61 Å². The van der Waals surface area contributed by atoms with Gasteiger partial charge < -0.3 is 10.2 Å². The summed E-state index contributed by atoms with van der Waals surface area (Å²) in [4.78, 5) is 28.5. The summed E-state index contributed by atoms with van der Waals surface area (Å²) >= 11 is 1.26. The van der Waals surface area contributed by atoms with Crippen LogP contribution in [0, 0.1) is 18.3 Å². The Labute approximate surface area is 148 Å². The average molecular weight is 356 g/mol. The molecule has 1 heterocycles. The lowest BCUT2D eigenvalue weighted by Gasteiger charge is -2.04. The molecule has 0 saturated carbocycles. The summed E-state index contributed by atoms with van der Waals surface area (Å²) in [5.74, 6) is -1.17. The van der Waals surface area contributed by atoms with E-state index in [1.54, 1.807) is 19.9 Å². The maximum absolute atomic E-state index is 12.2. The number of benzene rings is 1. The van der Waals surface area contributed by atoms with Crippen LogP contribution in [0.2, 0.25) is 0 Å². The molecular weight excluding hydrogens is 340 g/mol. The number of aromatic nitrogens is 1. The van der Waals surface area contributed by atoms with E-state index >= 15 is 0 Å². The molecule has 0 aliphatic heterocycles. The number of carbonyl (C=O) groups excluding carboxylic acids is 2. The van der Waals surface area contributed by atoms with E-state index < -0.39 is 11.9 Å². The normalized spacial score (nSPS) is 10.7. The Bertz CT molecular complexity index is 837. The minimum Gasteiger partial charge on any atom is -0.462 e. The smallest absolute Gasteiger partial charge is 0.350 e. The van der Waals surface area contributed by atoms with Gasteiger partial charge in [-0.1, -0.05) is 30.3 Å². The van der Waals surface area contributed by atoms with Crippen molar-refractivity contribution in [3.05, 3.63) is 52.7 Å². The van der Waals surface area contributed by atoms with Gasteiger partial charge in [-0.3, -0.25) is 10.2 Å². The molecule has 0 spiro atoms. The number of esters is 1. The van der Waals surface area contributed by atoms with Gasteiger partial charge in [-0.15, -0.1) is 11.3 Å². The first-order chi connectivity index (χ1) is 12.1. The van der Waals surface area contributed by atoms with Gasteiger partial charge in [-0.25, -0.2) is 9.78 Å². The molecule has 0 saturated heterocycles. The zero-order valence-corrected chi connectivity index (χ0v) is 14.5. The maximum Gasteiger partial charge on any atom is 0.350 e. The van der Waals surface area contributed by atoms with Gasteiger partial charge in [0.05, 0.1) is 12.3 Å². The van der Waals surface area contributed by atoms with Gasteiger partial charge in [-0.2, -0.15) is 5.26 Å². The van der Waals surface area contributed by atoms with Gasteiger partial charge in [0.1, 0.15) is 16.0 Å². The maximum atomic E-state index is 12.2. The van der Waals surface area contributed by atoms with Crippen LogP contribution in [0.5, 0.6) is 0 Å². The van der Waals surface area contributed by atoms with E-state index in [1.807, 2.05) is 30.3 Å². The number of rotatable bonds is 6. The van der Waals surface area contributed by atoms with Crippen molar-refractivity contribution >= 4 is 23.2 Å². The van der Waals surface area contributed by atoms with Gasteiger partial charge in [0.2, 0.25) is 0 Å². The van der Waals surface area contributed by atoms with Crippen molar-refractivity contribution in [1.82, 2.24) is 15.8 Å². The van der Waals surface area contributed by atoms with E-state index in [-0.39, 0.29) is 12.2 Å². The molecule has 0 unspecified atom stereocenters. The number of aryl methyl sites for hydroxylation is 1. The van der Waals surface area contributed by atoms with Crippen molar-refractivity contribution < 1.29 is 14.3 Å².